The number of thioether (sulfide) groups is 1. The van der Waals surface area contributed by atoms with E-state index in [9.17, 15) is 4.79 Å². The van der Waals surface area contributed by atoms with E-state index < -0.39 is 0 Å². The fourth-order valence-corrected chi connectivity index (χ4v) is 3.84. The lowest BCUT2D eigenvalue weighted by molar-refractivity contribution is -0.118. The lowest BCUT2D eigenvalue weighted by atomic mass is 10.2. The van der Waals surface area contributed by atoms with Gasteiger partial charge in [-0.1, -0.05) is 23.4 Å². The quantitative estimate of drug-likeness (QED) is 0.222. The van der Waals surface area contributed by atoms with Crippen molar-refractivity contribution in [3.63, 3.8) is 0 Å². The summed E-state index contributed by atoms with van der Waals surface area (Å²) in [5.74, 6) is 2.53. The van der Waals surface area contributed by atoms with E-state index in [4.69, 9.17) is 20.8 Å². The minimum absolute atomic E-state index is 0.100. The van der Waals surface area contributed by atoms with Gasteiger partial charge in [0.05, 0.1) is 19.1 Å². The van der Waals surface area contributed by atoms with Crippen LogP contribution in [0.2, 0.25) is 5.02 Å². The van der Waals surface area contributed by atoms with E-state index in [1.807, 2.05) is 54.0 Å². The number of hydrogen-bond acceptors (Lipinski definition) is 7. The van der Waals surface area contributed by atoms with Gasteiger partial charge in [-0.2, -0.15) is 5.10 Å². The van der Waals surface area contributed by atoms with E-state index in [2.05, 4.69) is 20.7 Å². The van der Waals surface area contributed by atoms with Crippen LogP contribution in [0, 0.1) is 6.92 Å². The molecule has 2 aromatic heterocycles. The zero-order valence-corrected chi connectivity index (χ0v) is 19.4. The van der Waals surface area contributed by atoms with Crippen molar-refractivity contribution >= 4 is 35.5 Å². The van der Waals surface area contributed by atoms with Crippen LogP contribution < -0.4 is 10.2 Å². The molecule has 0 spiro atoms. The lowest BCUT2D eigenvalue weighted by Gasteiger charge is -2.11. The van der Waals surface area contributed by atoms with E-state index in [0.29, 0.717) is 21.8 Å². The van der Waals surface area contributed by atoms with Gasteiger partial charge in [0.1, 0.15) is 17.3 Å². The molecule has 8 nitrogen and oxygen atoms in total. The summed E-state index contributed by atoms with van der Waals surface area (Å²) in [5.41, 5.74) is 4.17. The van der Waals surface area contributed by atoms with Gasteiger partial charge in [-0.05, 0) is 67.6 Å². The van der Waals surface area contributed by atoms with Gasteiger partial charge in [0.15, 0.2) is 11.0 Å². The average Bonchev–Trinajstić information content (AvgIpc) is 3.44. The van der Waals surface area contributed by atoms with Crippen LogP contribution in [0.25, 0.3) is 17.1 Å². The van der Waals surface area contributed by atoms with Gasteiger partial charge in [-0.25, -0.2) is 5.43 Å². The molecule has 168 valence electrons. The summed E-state index contributed by atoms with van der Waals surface area (Å²) in [7, 11) is 1.62. The second-order valence-electron chi connectivity index (χ2n) is 6.88. The van der Waals surface area contributed by atoms with Crippen molar-refractivity contribution in [1.29, 1.82) is 0 Å². The van der Waals surface area contributed by atoms with E-state index in [1.54, 1.807) is 25.3 Å². The van der Waals surface area contributed by atoms with Gasteiger partial charge in [0.25, 0.3) is 5.91 Å². The summed E-state index contributed by atoms with van der Waals surface area (Å²) in [6.45, 7) is 1.84. The minimum atomic E-state index is -0.281. The predicted octanol–water partition coefficient (Wildman–Crippen LogP) is 4.74. The van der Waals surface area contributed by atoms with Crippen LogP contribution in [0.15, 0.2) is 75.3 Å². The van der Waals surface area contributed by atoms with E-state index in [1.165, 1.54) is 18.0 Å². The number of methoxy groups -OCH3 is 1. The molecule has 0 aliphatic carbocycles. The average molecular weight is 482 g/mol. The van der Waals surface area contributed by atoms with Crippen molar-refractivity contribution in [2.75, 3.05) is 12.9 Å². The second kappa shape index (κ2) is 10.4. The van der Waals surface area contributed by atoms with E-state index in [-0.39, 0.29) is 11.7 Å². The Balaban J connectivity index is 1.53. The third-order valence-electron chi connectivity index (χ3n) is 4.54. The first-order chi connectivity index (χ1) is 16.0. The summed E-state index contributed by atoms with van der Waals surface area (Å²) in [6, 6.07) is 18.4. The number of carbonyl (C=O) groups is 1. The largest absolute Gasteiger partial charge is 0.497 e. The monoisotopic (exact) mass is 481 g/mol. The number of benzene rings is 2. The first-order valence-corrected chi connectivity index (χ1v) is 11.3. The molecule has 0 saturated heterocycles. The number of aromatic nitrogens is 3. The molecular formula is C23H20ClN5O3S. The number of nitrogens with one attached hydrogen (secondary N) is 1. The molecule has 4 aromatic rings. The molecule has 1 N–H and O–H groups in total. The zero-order chi connectivity index (χ0) is 23.2. The third kappa shape index (κ3) is 5.63. The lowest BCUT2D eigenvalue weighted by Crippen LogP contribution is -2.19. The molecule has 0 aliphatic heterocycles. The van der Waals surface area contributed by atoms with Crippen LogP contribution in [0.5, 0.6) is 5.75 Å². The van der Waals surface area contributed by atoms with Crippen LogP contribution >= 0.6 is 23.4 Å². The van der Waals surface area contributed by atoms with Crippen molar-refractivity contribution in [1.82, 2.24) is 20.2 Å². The van der Waals surface area contributed by atoms with Crippen LogP contribution in [0.1, 0.15) is 11.5 Å². The third-order valence-corrected chi connectivity index (χ3v) is 5.72. The highest BCUT2D eigenvalue weighted by Gasteiger charge is 2.17. The predicted molar refractivity (Wildman–Crippen MR) is 128 cm³/mol. The van der Waals surface area contributed by atoms with E-state index in [0.717, 1.165) is 22.8 Å². The van der Waals surface area contributed by atoms with Crippen LogP contribution in [0.4, 0.5) is 0 Å². The zero-order valence-electron chi connectivity index (χ0n) is 17.9. The number of hydrogen-bond donors (Lipinski definition) is 1. The molecule has 10 heteroatoms. The Bertz CT molecular complexity index is 1270. The summed E-state index contributed by atoms with van der Waals surface area (Å²) >= 11 is 7.32. The fraction of sp³-hybridized carbons (Fsp3) is 0.130. The molecular weight excluding hydrogens is 462 g/mol. The number of nitrogens with zero attached hydrogens (tertiary/aromatic N) is 4. The van der Waals surface area contributed by atoms with Gasteiger partial charge in [0, 0.05) is 16.3 Å². The Hall–Kier alpha value is -3.56. The van der Waals surface area contributed by atoms with Gasteiger partial charge >= 0.3 is 0 Å². The molecule has 1 amide bonds. The number of ether oxygens (including phenoxy) is 1. The van der Waals surface area contributed by atoms with Crippen molar-refractivity contribution < 1.29 is 13.9 Å². The maximum atomic E-state index is 12.3. The Morgan fingerprint density at radius 1 is 1.15 bits per heavy atom. The Morgan fingerprint density at radius 3 is 2.58 bits per heavy atom. The molecule has 0 saturated carbocycles. The summed E-state index contributed by atoms with van der Waals surface area (Å²) in [6.07, 6.45) is 1.45. The van der Waals surface area contributed by atoms with Crippen molar-refractivity contribution in [2.24, 2.45) is 5.10 Å². The normalized spacial score (nSPS) is 11.1. The topological polar surface area (TPSA) is 94.5 Å². The minimum Gasteiger partial charge on any atom is -0.497 e. The van der Waals surface area contributed by atoms with Crippen LogP contribution in [0.3, 0.4) is 0 Å². The Morgan fingerprint density at radius 2 is 1.91 bits per heavy atom. The summed E-state index contributed by atoms with van der Waals surface area (Å²) in [5, 5.41) is 13.8. The number of halogens is 1. The van der Waals surface area contributed by atoms with Gasteiger partial charge in [-0.3, -0.25) is 9.36 Å². The number of furan rings is 1. The van der Waals surface area contributed by atoms with Gasteiger partial charge < -0.3 is 9.15 Å². The first-order valence-electron chi connectivity index (χ1n) is 9.90. The molecule has 2 heterocycles. The van der Waals surface area contributed by atoms with Crippen molar-refractivity contribution in [3.05, 3.63) is 77.2 Å². The second-order valence-corrected chi connectivity index (χ2v) is 8.26. The highest BCUT2D eigenvalue weighted by Crippen LogP contribution is 2.29. The van der Waals surface area contributed by atoms with Gasteiger partial charge in [-0.15, -0.1) is 10.2 Å². The molecule has 33 heavy (non-hydrogen) atoms. The van der Waals surface area contributed by atoms with Crippen molar-refractivity contribution in [3.8, 4) is 22.8 Å². The number of rotatable bonds is 8. The molecule has 0 fully saturated rings. The standard InChI is InChI=1S/C23H20ClN5O3S/c1-15-3-10-20(32-15)13-25-26-21(30)14-33-23-28-27-22(16-4-11-19(31-2)12-5-16)29(23)18-8-6-17(24)7-9-18/h3-13H,14H2,1-2H3,(H,26,30)/b25-13+. The highest BCUT2D eigenvalue weighted by atomic mass is 35.5. The maximum Gasteiger partial charge on any atom is 0.250 e. The number of hydrazone groups is 1. The van der Waals surface area contributed by atoms with Crippen molar-refractivity contribution in [2.45, 2.75) is 12.1 Å². The number of aryl methyl sites for hydroxylation is 1. The summed E-state index contributed by atoms with van der Waals surface area (Å²) in [4.78, 5) is 12.3. The molecule has 2 aromatic carbocycles. The summed E-state index contributed by atoms with van der Waals surface area (Å²) < 4.78 is 12.5. The van der Waals surface area contributed by atoms with Crippen LogP contribution in [-0.2, 0) is 4.79 Å². The Labute approximate surface area is 199 Å². The Kier molecular flexibility index (Phi) is 7.11. The highest BCUT2D eigenvalue weighted by molar-refractivity contribution is 7.99. The van der Waals surface area contributed by atoms with Gasteiger partial charge in [0.2, 0.25) is 0 Å². The molecule has 0 bridgehead atoms. The number of carbonyl (C=O) groups excluding carboxylic acids is 1. The molecule has 4 rings (SSSR count). The molecule has 0 atom stereocenters. The van der Waals surface area contributed by atoms with Crippen LogP contribution in [-0.4, -0.2) is 39.7 Å². The number of amides is 1. The van der Waals surface area contributed by atoms with E-state index >= 15 is 0 Å². The smallest absolute Gasteiger partial charge is 0.250 e. The SMILES string of the molecule is COc1ccc(-c2nnc(SCC(=O)N/N=C/c3ccc(C)o3)n2-c2ccc(Cl)cc2)cc1. The fourth-order valence-electron chi connectivity index (χ4n) is 2.97. The molecule has 0 unspecified atom stereocenters. The molecule has 0 aliphatic rings. The first kappa shape index (κ1) is 22.6. The molecule has 0 radical (unpaired) electrons. The maximum absolute atomic E-state index is 12.3.